The van der Waals surface area contributed by atoms with Gasteiger partial charge in [-0.1, -0.05) is 28.1 Å². The van der Waals surface area contributed by atoms with Gasteiger partial charge in [0, 0.05) is 16.6 Å². The maximum Gasteiger partial charge on any atom is 0.311 e. The van der Waals surface area contributed by atoms with Crippen LogP contribution in [-0.4, -0.2) is 28.4 Å². The van der Waals surface area contributed by atoms with E-state index in [1.807, 2.05) is 29.2 Å². The van der Waals surface area contributed by atoms with Crippen LogP contribution >= 0.6 is 15.9 Å². The lowest BCUT2D eigenvalue weighted by Gasteiger charge is -2.25. The Morgan fingerprint density at radius 1 is 1.42 bits per heavy atom. The predicted octanol–water partition coefficient (Wildman–Crippen LogP) is 3.95. The molecule has 1 unspecified atom stereocenters. The monoisotopic (exact) mass is 391 g/mol. The molecule has 0 aliphatic carbocycles. The third kappa shape index (κ3) is 3.24. The van der Waals surface area contributed by atoms with Crippen LogP contribution in [0.2, 0.25) is 0 Å². The summed E-state index contributed by atoms with van der Waals surface area (Å²) >= 11 is 3.47. The third-order valence-corrected chi connectivity index (χ3v) is 4.82. The van der Waals surface area contributed by atoms with Gasteiger partial charge < -0.3 is 14.4 Å². The van der Waals surface area contributed by atoms with Crippen molar-refractivity contribution in [2.75, 3.05) is 6.54 Å². The smallest absolute Gasteiger partial charge is 0.311 e. The topological polar surface area (TPSA) is 70.7 Å². The molecule has 2 aromatic rings. The minimum absolute atomic E-state index is 0.00183. The lowest BCUT2D eigenvalue weighted by Crippen LogP contribution is -2.31. The summed E-state index contributed by atoms with van der Waals surface area (Å²) in [6.07, 6.45) is 2.99. The van der Waals surface area contributed by atoms with Gasteiger partial charge in [-0.3, -0.25) is 9.59 Å². The van der Waals surface area contributed by atoms with Crippen LogP contribution in [0.15, 0.2) is 39.4 Å². The Bertz CT molecular complexity index is 783. The molecule has 1 fully saturated rings. The highest BCUT2D eigenvalue weighted by molar-refractivity contribution is 9.10. The number of benzene rings is 1. The summed E-state index contributed by atoms with van der Waals surface area (Å²) < 4.78 is 6.29. The Labute approximate surface area is 148 Å². The van der Waals surface area contributed by atoms with Crippen LogP contribution in [0.3, 0.4) is 0 Å². The molecule has 1 N–H and O–H groups in total. The molecule has 1 aromatic heterocycles. The molecule has 0 spiro atoms. The molecule has 126 valence electrons. The quantitative estimate of drug-likeness (QED) is 0.855. The maximum absolute atomic E-state index is 13.1. The van der Waals surface area contributed by atoms with E-state index >= 15 is 0 Å². The van der Waals surface area contributed by atoms with Gasteiger partial charge in [0.2, 0.25) is 0 Å². The average molecular weight is 392 g/mol. The van der Waals surface area contributed by atoms with Gasteiger partial charge in [-0.2, -0.15) is 0 Å². The van der Waals surface area contributed by atoms with Crippen LogP contribution < -0.4 is 0 Å². The molecular formula is C18H18BrNO4. The van der Waals surface area contributed by atoms with Crippen molar-refractivity contribution in [2.24, 2.45) is 0 Å². The standard InChI is InChI=1S/C18H18BrNO4/c1-11-10-24-15(9-16(21)22)17(11)18(23)20-7-3-6-14(20)12-4-2-5-13(19)8-12/h2,4-5,8,10,14H,3,6-7,9H2,1H3,(H,21,22). The van der Waals surface area contributed by atoms with E-state index in [2.05, 4.69) is 15.9 Å². The van der Waals surface area contributed by atoms with Crippen molar-refractivity contribution in [3.63, 3.8) is 0 Å². The Kier molecular flexibility index (Phi) is 4.76. The Morgan fingerprint density at radius 3 is 2.92 bits per heavy atom. The number of hydrogen-bond donors (Lipinski definition) is 1. The number of likely N-dealkylation sites (tertiary alicyclic amines) is 1. The van der Waals surface area contributed by atoms with Crippen LogP contribution in [-0.2, 0) is 11.2 Å². The number of halogens is 1. The zero-order valence-electron chi connectivity index (χ0n) is 13.3. The van der Waals surface area contributed by atoms with Crippen LogP contribution in [0.1, 0.15) is 46.1 Å². The first-order chi connectivity index (χ1) is 11.5. The van der Waals surface area contributed by atoms with Crippen molar-refractivity contribution in [3.8, 4) is 0 Å². The van der Waals surface area contributed by atoms with Crippen molar-refractivity contribution in [1.82, 2.24) is 4.90 Å². The summed E-state index contributed by atoms with van der Waals surface area (Å²) in [4.78, 5) is 25.9. The number of rotatable bonds is 4. The molecule has 1 amide bonds. The lowest BCUT2D eigenvalue weighted by atomic mass is 10.0. The van der Waals surface area contributed by atoms with E-state index in [1.165, 1.54) is 6.26 Å². The number of hydrogen-bond acceptors (Lipinski definition) is 3. The molecule has 6 heteroatoms. The molecule has 1 aliphatic heterocycles. The van der Waals surface area contributed by atoms with Crippen LogP contribution in [0.25, 0.3) is 0 Å². The summed E-state index contributed by atoms with van der Waals surface area (Å²) in [6, 6.07) is 7.95. The number of carbonyl (C=O) groups is 2. The number of nitrogens with zero attached hydrogens (tertiary/aromatic N) is 1. The number of amides is 1. The predicted molar refractivity (Wildman–Crippen MR) is 91.9 cm³/mol. The minimum Gasteiger partial charge on any atom is -0.481 e. The summed E-state index contributed by atoms with van der Waals surface area (Å²) in [5.74, 6) is -0.937. The number of carboxylic acids is 1. The second-order valence-electron chi connectivity index (χ2n) is 6.00. The van der Waals surface area contributed by atoms with Gasteiger partial charge in [-0.15, -0.1) is 0 Å². The summed E-state index contributed by atoms with van der Waals surface area (Å²) in [5.41, 5.74) is 2.14. The van der Waals surface area contributed by atoms with Crippen LogP contribution in [0, 0.1) is 6.92 Å². The molecule has 3 rings (SSSR count). The third-order valence-electron chi connectivity index (χ3n) is 4.32. The van der Waals surface area contributed by atoms with Crippen LogP contribution in [0.4, 0.5) is 0 Å². The number of carboxylic acid groups (broad SMARTS) is 1. The van der Waals surface area contributed by atoms with Gasteiger partial charge >= 0.3 is 5.97 Å². The van der Waals surface area contributed by atoms with E-state index in [4.69, 9.17) is 9.52 Å². The molecule has 1 atom stereocenters. The van der Waals surface area contributed by atoms with E-state index in [0.29, 0.717) is 17.7 Å². The first-order valence-corrected chi connectivity index (χ1v) is 8.62. The van der Waals surface area contributed by atoms with Crippen molar-refractivity contribution >= 4 is 27.8 Å². The van der Waals surface area contributed by atoms with E-state index in [-0.39, 0.29) is 24.1 Å². The van der Waals surface area contributed by atoms with Crippen molar-refractivity contribution in [3.05, 3.63) is 57.5 Å². The van der Waals surface area contributed by atoms with Gasteiger partial charge in [-0.05, 0) is 37.5 Å². The molecule has 0 radical (unpaired) electrons. The number of furan rings is 1. The van der Waals surface area contributed by atoms with Crippen LogP contribution in [0.5, 0.6) is 0 Å². The molecular weight excluding hydrogens is 374 g/mol. The number of carbonyl (C=O) groups excluding carboxylic acids is 1. The zero-order chi connectivity index (χ0) is 17.3. The molecule has 5 nitrogen and oxygen atoms in total. The fraction of sp³-hybridized carbons (Fsp3) is 0.333. The van der Waals surface area contributed by atoms with Gasteiger partial charge in [0.05, 0.1) is 17.9 Å². The summed E-state index contributed by atoms with van der Waals surface area (Å²) in [5, 5.41) is 9.02. The first-order valence-electron chi connectivity index (χ1n) is 7.82. The Hall–Kier alpha value is -2.08. The Balaban J connectivity index is 1.92. The highest BCUT2D eigenvalue weighted by atomic mass is 79.9. The fourth-order valence-corrected chi connectivity index (χ4v) is 3.68. The molecule has 2 heterocycles. The van der Waals surface area contributed by atoms with E-state index < -0.39 is 5.97 Å². The first kappa shape index (κ1) is 16.8. The minimum atomic E-state index is -1.01. The van der Waals surface area contributed by atoms with Crippen molar-refractivity contribution < 1.29 is 19.1 Å². The van der Waals surface area contributed by atoms with Crippen molar-refractivity contribution in [2.45, 2.75) is 32.2 Å². The number of aliphatic carboxylic acids is 1. The number of aryl methyl sites for hydroxylation is 1. The molecule has 24 heavy (non-hydrogen) atoms. The molecule has 1 aliphatic rings. The van der Waals surface area contributed by atoms with E-state index in [9.17, 15) is 9.59 Å². The largest absolute Gasteiger partial charge is 0.481 e. The van der Waals surface area contributed by atoms with Gasteiger partial charge in [-0.25, -0.2) is 0 Å². The Morgan fingerprint density at radius 2 is 2.21 bits per heavy atom. The fourth-order valence-electron chi connectivity index (χ4n) is 3.27. The highest BCUT2D eigenvalue weighted by Crippen LogP contribution is 2.35. The second-order valence-corrected chi connectivity index (χ2v) is 6.91. The SMILES string of the molecule is Cc1coc(CC(=O)O)c1C(=O)N1CCCC1c1cccc(Br)c1. The average Bonchev–Trinajstić information content (AvgIpc) is 3.13. The van der Waals surface area contributed by atoms with Gasteiger partial charge in [0.1, 0.15) is 12.2 Å². The van der Waals surface area contributed by atoms with Gasteiger partial charge in [0.25, 0.3) is 5.91 Å². The molecule has 1 saturated heterocycles. The van der Waals surface area contributed by atoms with E-state index in [1.54, 1.807) is 6.92 Å². The summed E-state index contributed by atoms with van der Waals surface area (Å²) in [7, 11) is 0. The summed E-state index contributed by atoms with van der Waals surface area (Å²) in [6.45, 7) is 2.43. The van der Waals surface area contributed by atoms with E-state index in [0.717, 1.165) is 22.9 Å². The molecule has 1 aromatic carbocycles. The molecule has 0 bridgehead atoms. The normalized spacial score (nSPS) is 17.2. The lowest BCUT2D eigenvalue weighted by molar-refractivity contribution is -0.136. The second kappa shape index (κ2) is 6.81. The zero-order valence-corrected chi connectivity index (χ0v) is 14.9. The molecule has 0 saturated carbocycles. The maximum atomic E-state index is 13.1. The highest BCUT2D eigenvalue weighted by Gasteiger charge is 2.33. The van der Waals surface area contributed by atoms with Gasteiger partial charge in [0.15, 0.2) is 0 Å². The van der Waals surface area contributed by atoms with Crippen molar-refractivity contribution in [1.29, 1.82) is 0 Å².